The van der Waals surface area contributed by atoms with Gasteiger partial charge in [0.2, 0.25) is 0 Å². The Morgan fingerprint density at radius 1 is 1.05 bits per heavy atom. The molecule has 218 valence electrons. The number of rotatable bonds is 6. The van der Waals surface area contributed by atoms with Crippen molar-refractivity contribution in [3.63, 3.8) is 0 Å². The van der Waals surface area contributed by atoms with Crippen molar-refractivity contribution in [1.82, 2.24) is 19.4 Å². The molecule has 6 nitrogen and oxygen atoms in total. The van der Waals surface area contributed by atoms with E-state index in [0.717, 1.165) is 80.0 Å². The van der Waals surface area contributed by atoms with Crippen molar-refractivity contribution in [2.24, 2.45) is 0 Å². The summed E-state index contributed by atoms with van der Waals surface area (Å²) in [5.41, 5.74) is 7.39. The van der Waals surface area contributed by atoms with Gasteiger partial charge in [-0.3, -0.25) is 4.79 Å². The molecule has 1 aliphatic heterocycles. The molecule has 6 rings (SSSR count). The van der Waals surface area contributed by atoms with Gasteiger partial charge in [-0.1, -0.05) is 23.7 Å². The maximum absolute atomic E-state index is 13.1. The third kappa shape index (κ3) is 5.63. The maximum Gasteiger partial charge on any atom is 0.163 e. The van der Waals surface area contributed by atoms with Crippen molar-refractivity contribution in [2.45, 2.75) is 65.2 Å². The van der Waals surface area contributed by atoms with Crippen LogP contribution in [0.15, 0.2) is 54.9 Å². The van der Waals surface area contributed by atoms with Gasteiger partial charge in [-0.15, -0.1) is 11.3 Å². The molecule has 42 heavy (non-hydrogen) atoms. The highest BCUT2D eigenvalue weighted by molar-refractivity contribution is 7.22. The standard InChI is InChI=1S/C34H37ClN4O2S/c1-20-17-27-32(30(22-7-10-24(35)11-8-22)29(20)31(21(2)40)41-34(3,4)5)42-33(37-27)23-9-12-28-26(18-23)36-19-39(28)25-13-15-38(6)16-14-25/h7-12,17-19,25,31H,13-16H2,1-6H3/t31-/m1/s1. The van der Waals surface area contributed by atoms with Gasteiger partial charge in [0.1, 0.15) is 11.1 Å². The summed E-state index contributed by atoms with van der Waals surface area (Å²) in [6, 6.07) is 16.8. The minimum absolute atomic E-state index is 0.0297. The third-order valence-electron chi connectivity index (χ3n) is 8.07. The second-order valence-electron chi connectivity index (χ2n) is 12.5. The number of carbonyl (C=O) groups excluding carboxylic acids is 1. The van der Waals surface area contributed by atoms with Crippen molar-refractivity contribution in [3.8, 4) is 21.7 Å². The Bertz CT molecular complexity index is 1780. The molecule has 0 bridgehead atoms. The molecule has 1 atom stereocenters. The van der Waals surface area contributed by atoms with Gasteiger partial charge in [-0.05, 0) is 115 Å². The lowest BCUT2D eigenvalue weighted by molar-refractivity contribution is -0.138. The van der Waals surface area contributed by atoms with Gasteiger partial charge in [0, 0.05) is 27.8 Å². The average molecular weight is 601 g/mol. The number of aryl methyl sites for hydroxylation is 1. The predicted octanol–water partition coefficient (Wildman–Crippen LogP) is 8.65. The lowest BCUT2D eigenvalue weighted by atomic mass is 9.90. The molecule has 0 spiro atoms. The highest BCUT2D eigenvalue weighted by Gasteiger charge is 2.30. The molecule has 0 unspecified atom stereocenters. The van der Waals surface area contributed by atoms with Gasteiger partial charge in [-0.25, -0.2) is 9.97 Å². The van der Waals surface area contributed by atoms with Gasteiger partial charge in [0.05, 0.1) is 33.2 Å². The zero-order chi connectivity index (χ0) is 29.8. The van der Waals surface area contributed by atoms with E-state index in [1.807, 2.05) is 58.3 Å². The largest absolute Gasteiger partial charge is 0.360 e. The Labute approximate surface area is 256 Å². The van der Waals surface area contributed by atoms with Crippen LogP contribution in [-0.4, -0.2) is 51.0 Å². The molecule has 0 N–H and O–H groups in total. The Balaban J connectivity index is 1.48. The minimum Gasteiger partial charge on any atom is -0.360 e. The van der Waals surface area contributed by atoms with Crippen LogP contribution in [-0.2, 0) is 9.53 Å². The van der Waals surface area contributed by atoms with E-state index in [4.69, 9.17) is 26.3 Å². The normalized spacial score (nSPS) is 16.0. The monoisotopic (exact) mass is 600 g/mol. The molecule has 0 amide bonds. The SMILES string of the molecule is CC(=O)[C@@H](OC(C)(C)C)c1c(C)cc2nc(-c3ccc4c(c3)ncn4C3CCN(C)CC3)sc2c1-c1ccc(Cl)cc1. The molecule has 1 saturated heterocycles. The minimum atomic E-state index is -0.703. The summed E-state index contributed by atoms with van der Waals surface area (Å²) in [5.74, 6) is -0.0297. The molecule has 0 radical (unpaired) electrons. The Kier molecular flexibility index (Phi) is 7.73. The van der Waals surface area contributed by atoms with Gasteiger partial charge >= 0.3 is 0 Å². The van der Waals surface area contributed by atoms with E-state index in [1.54, 1.807) is 18.3 Å². The summed E-state index contributed by atoms with van der Waals surface area (Å²) in [7, 11) is 2.19. The fourth-order valence-electron chi connectivity index (χ4n) is 6.00. The van der Waals surface area contributed by atoms with Gasteiger partial charge in [-0.2, -0.15) is 0 Å². The van der Waals surface area contributed by atoms with E-state index in [9.17, 15) is 4.79 Å². The number of Topliss-reactive ketones (excluding diaryl/α,β-unsaturated/α-hetero) is 1. The Hall–Kier alpha value is -3.10. The lowest BCUT2D eigenvalue weighted by Crippen LogP contribution is -2.31. The summed E-state index contributed by atoms with van der Waals surface area (Å²) >= 11 is 7.92. The number of fused-ring (bicyclic) bond motifs is 2. The number of carbonyl (C=O) groups is 1. The first-order valence-corrected chi connectivity index (χ1v) is 15.7. The summed E-state index contributed by atoms with van der Waals surface area (Å²) in [6.45, 7) is 11.8. The van der Waals surface area contributed by atoms with Crippen molar-refractivity contribution >= 4 is 50.0 Å². The molecule has 3 aromatic carbocycles. The van der Waals surface area contributed by atoms with E-state index < -0.39 is 11.7 Å². The zero-order valence-electron chi connectivity index (χ0n) is 25.1. The molecule has 5 aromatic rings. The van der Waals surface area contributed by atoms with E-state index in [2.05, 4.69) is 40.8 Å². The van der Waals surface area contributed by atoms with Crippen LogP contribution in [0.3, 0.4) is 0 Å². The third-order valence-corrected chi connectivity index (χ3v) is 9.46. The second-order valence-corrected chi connectivity index (χ2v) is 13.9. The first kappa shape index (κ1) is 29.0. The maximum atomic E-state index is 13.1. The first-order valence-electron chi connectivity index (χ1n) is 14.5. The average Bonchev–Trinajstić information content (AvgIpc) is 3.55. The lowest BCUT2D eigenvalue weighted by Gasteiger charge is -2.30. The number of halogens is 1. The van der Waals surface area contributed by atoms with E-state index in [1.165, 1.54) is 0 Å². The second kappa shape index (κ2) is 11.2. The number of thiazole rings is 1. The number of aromatic nitrogens is 3. The van der Waals surface area contributed by atoms with E-state index in [0.29, 0.717) is 11.1 Å². The number of ketones is 1. The zero-order valence-corrected chi connectivity index (χ0v) is 26.6. The van der Waals surface area contributed by atoms with Crippen LogP contribution in [0.1, 0.15) is 63.8 Å². The molecule has 1 aliphatic rings. The molecule has 0 saturated carbocycles. The molecular weight excluding hydrogens is 564 g/mol. The van der Waals surface area contributed by atoms with E-state index in [-0.39, 0.29) is 5.78 Å². The Morgan fingerprint density at radius 2 is 1.74 bits per heavy atom. The molecule has 1 fully saturated rings. The smallest absolute Gasteiger partial charge is 0.163 e. The van der Waals surface area contributed by atoms with Gasteiger partial charge < -0.3 is 14.2 Å². The predicted molar refractivity (Wildman–Crippen MR) is 174 cm³/mol. The first-order chi connectivity index (χ1) is 20.0. The summed E-state index contributed by atoms with van der Waals surface area (Å²) in [5, 5.41) is 1.58. The summed E-state index contributed by atoms with van der Waals surface area (Å²) in [6.07, 6.45) is 3.56. The molecular formula is C34H37ClN4O2S. The number of piperidine rings is 1. The molecule has 8 heteroatoms. The van der Waals surface area contributed by atoms with Crippen molar-refractivity contribution in [2.75, 3.05) is 20.1 Å². The van der Waals surface area contributed by atoms with Crippen LogP contribution in [0.2, 0.25) is 5.02 Å². The number of imidazole rings is 1. The number of hydrogen-bond acceptors (Lipinski definition) is 6. The highest BCUT2D eigenvalue weighted by Crippen LogP contribution is 2.44. The fourth-order valence-corrected chi connectivity index (χ4v) is 7.25. The van der Waals surface area contributed by atoms with Gasteiger partial charge in [0.15, 0.2) is 5.78 Å². The number of nitrogens with zero attached hydrogens (tertiary/aromatic N) is 4. The quantitative estimate of drug-likeness (QED) is 0.195. The number of likely N-dealkylation sites (tertiary alicyclic amines) is 1. The fraction of sp³-hybridized carbons (Fsp3) is 0.382. The van der Waals surface area contributed by atoms with Crippen LogP contribution < -0.4 is 0 Å². The molecule has 0 aliphatic carbocycles. The van der Waals surface area contributed by atoms with Crippen molar-refractivity contribution in [1.29, 1.82) is 0 Å². The summed E-state index contributed by atoms with van der Waals surface area (Å²) < 4.78 is 9.76. The van der Waals surface area contributed by atoms with Crippen molar-refractivity contribution < 1.29 is 9.53 Å². The summed E-state index contributed by atoms with van der Waals surface area (Å²) in [4.78, 5) is 25.3. The number of ether oxygens (including phenoxy) is 1. The highest BCUT2D eigenvalue weighted by atomic mass is 35.5. The number of benzene rings is 3. The Morgan fingerprint density at radius 3 is 2.40 bits per heavy atom. The van der Waals surface area contributed by atoms with Crippen LogP contribution in [0.25, 0.3) is 42.9 Å². The van der Waals surface area contributed by atoms with E-state index >= 15 is 0 Å². The number of hydrogen-bond donors (Lipinski definition) is 0. The molecule has 2 aromatic heterocycles. The topological polar surface area (TPSA) is 60.2 Å². The van der Waals surface area contributed by atoms with Crippen LogP contribution >= 0.6 is 22.9 Å². The van der Waals surface area contributed by atoms with Crippen LogP contribution in [0, 0.1) is 6.92 Å². The van der Waals surface area contributed by atoms with Crippen LogP contribution in [0.5, 0.6) is 0 Å². The van der Waals surface area contributed by atoms with Crippen molar-refractivity contribution in [3.05, 3.63) is 71.0 Å². The molecule has 3 heterocycles. The van der Waals surface area contributed by atoms with Crippen LogP contribution in [0.4, 0.5) is 0 Å². The van der Waals surface area contributed by atoms with Gasteiger partial charge in [0.25, 0.3) is 0 Å².